The molecule has 3 N–H and O–H groups in total. The van der Waals surface area contributed by atoms with Gasteiger partial charge < -0.3 is 25.5 Å². The highest BCUT2D eigenvalue weighted by atomic mass is 19.4. The number of anilines is 3. The Balaban J connectivity index is 1.46. The standard InChI is InChI=1S/C30H37F4N7O3/c1-17-14-41(15-18(2)39(17)3)26-10-24(31)21(20-4-6-40(7-5-20)29-36-11-19(16-42)12-37-29)8-25(26)38-28(44)22-13-35-27(43)9-23(22)30(32,33)34/h4,8,10-12,17-18,22-23,42H,5-7,9,13-16H2,1-3H3,(H,35,43)(H,38,44)/t17-,18+,22?,23?. The van der Waals surface area contributed by atoms with Gasteiger partial charge in [0.05, 0.1) is 29.8 Å². The number of alkyl halides is 3. The van der Waals surface area contributed by atoms with Gasteiger partial charge in [-0.2, -0.15) is 13.2 Å². The van der Waals surface area contributed by atoms with Gasteiger partial charge in [-0.05, 0) is 45.0 Å². The minimum atomic E-state index is -4.74. The van der Waals surface area contributed by atoms with Crippen molar-refractivity contribution in [3.05, 3.63) is 47.5 Å². The second-order valence-electron chi connectivity index (χ2n) is 11.8. The van der Waals surface area contributed by atoms with Gasteiger partial charge in [0.2, 0.25) is 17.8 Å². The van der Waals surface area contributed by atoms with Crippen LogP contribution in [0.3, 0.4) is 0 Å². The Morgan fingerprint density at radius 2 is 1.82 bits per heavy atom. The van der Waals surface area contributed by atoms with Gasteiger partial charge in [0.1, 0.15) is 5.82 Å². The van der Waals surface area contributed by atoms with Crippen LogP contribution in [0.2, 0.25) is 0 Å². The maximum Gasteiger partial charge on any atom is 0.393 e. The number of carbonyl (C=O) groups is 2. The molecule has 2 unspecified atom stereocenters. The summed E-state index contributed by atoms with van der Waals surface area (Å²) in [5.41, 5.74) is 2.13. The van der Waals surface area contributed by atoms with Crippen molar-refractivity contribution in [1.29, 1.82) is 0 Å². The minimum Gasteiger partial charge on any atom is -0.392 e. The van der Waals surface area contributed by atoms with Gasteiger partial charge in [0, 0.05) is 74.7 Å². The van der Waals surface area contributed by atoms with Crippen molar-refractivity contribution in [1.82, 2.24) is 20.2 Å². The molecular formula is C30H37F4N7O3. The number of carbonyl (C=O) groups excluding carboxylic acids is 2. The van der Waals surface area contributed by atoms with Gasteiger partial charge in [-0.3, -0.25) is 14.5 Å². The Hall–Kier alpha value is -3.78. The van der Waals surface area contributed by atoms with Crippen LogP contribution in [0.5, 0.6) is 0 Å². The van der Waals surface area contributed by atoms with Crippen LogP contribution in [0.15, 0.2) is 30.6 Å². The van der Waals surface area contributed by atoms with Crippen LogP contribution in [0, 0.1) is 17.7 Å². The van der Waals surface area contributed by atoms with E-state index in [2.05, 4.69) is 25.5 Å². The summed E-state index contributed by atoms with van der Waals surface area (Å²) in [6.45, 7) is 5.38. The topological polar surface area (TPSA) is 114 Å². The zero-order valence-electron chi connectivity index (χ0n) is 24.9. The fourth-order valence-corrected chi connectivity index (χ4v) is 6.08. The molecule has 2 fully saturated rings. The molecule has 2 aromatic rings. The molecule has 4 heterocycles. The zero-order valence-corrected chi connectivity index (χ0v) is 24.9. The molecule has 3 aliphatic heterocycles. The third-order valence-electron chi connectivity index (χ3n) is 8.92. The van der Waals surface area contributed by atoms with Crippen LogP contribution < -0.4 is 20.4 Å². The summed E-state index contributed by atoms with van der Waals surface area (Å²) < 4.78 is 57.4. The highest BCUT2D eigenvalue weighted by molar-refractivity contribution is 5.98. The van der Waals surface area contributed by atoms with Gasteiger partial charge in [0.25, 0.3) is 0 Å². The molecule has 2 amide bonds. The summed E-state index contributed by atoms with van der Waals surface area (Å²) >= 11 is 0. The van der Waals surface area contributed by atoms with E-state index in [9.17, 15) is 27.9 Å². The molecule has 10 nitrogen and oxygen atoms in total. The van der Waals surface area contributed by atoms with Crippen molar-refractivity contribution in [3.63, 3.8) is 0 Å². The molecule has 4 atom stereocenters. The predicted octanol–water partition coefficient (Wildman–Crippen LogP) is 3.18. The summed E-state index contributed by atoms with van der Waals surface area (Å²) in [6, 6.07) is 3.07. The molecule has 1 aromatic carbocycles. The number of benzene rings is 1. The lowest BCUT2D eigenvalue weighted by atomic mass is 9.84. The van der Waals surface area contributed by atoms with E-state index in [1.54, 1.807) is 0 Å². The van der Waals surface area contributed by atoms with Crippen molar-refractivity contribution in [2.75, 3.05) is 54.9 Å². The molecular weight excluding hydrogens is 582 g/mol. The summed E-state index contributed by atoms with van der Waals surface area (Å²) in [7, 11) is 2.00. The second-order valence-corrected chi connectivity index (χ2v) is 11.8. The molecule has 0 spiro atoms. The zero-order chi connectivity index (χ0) is 31.8. The molecule has 0 radical (unpaired) electrons. The van der Waals surface area contributed by atoms with E-state index >= 15 is 4.39 Å². The Morgan fingerprint density at radius 1 is 1.14 bits per heavy atom. The summed E-state index contributed by atoms with van der Waals surface area (Å²) in [6.07, 6.45) is -0.215. The van der Waals surface area contributed by atoms with Crippen molar-refractivity contribution >= 4 is 34.7 Å². The highest BCUT2D eigenvalue weighted by Gasteiger charge is 2.50. The first-order chi connectivity index (χ1) is 20.8. The van der Waals surface area contributed by atoms with Gasteiger partial charge >= 0.3 is 6.18 Å². The number of aliphatic hydroxyl groups is 1. The van der Waals surface area contributed by atoms with Crippen molar-refractivity contribution < 1.29 is 32.3 Å². The van der Waals surface area contributed by atoms with Gasteiger partial charge in [-0.25, -0.2) is 14.4 Å². The molecule has 0 saturated carbocycles. The highest BCUT2D eigenvalue weighted by Crippen LogP contribution is 2.39. The van der Waals surface area contributed by atoms with Gasteiger partial charge in [-0.1, -0.05) is 6.08 Å². The summed E-state index contributed by atoms with van der Waals surface area (Å²) in [5.74, 6) is -5.32. The van der Waals surface area contributed by atoms with Crippen LogP contribution in [-0.2, 0) is 16.2 Å². The number of halogens is 4. The van der Waals surface area contributed by atoms with E-state index in [0.717, 1.165) is 0 Å². The number of likely N-dealkylation sites (N-methyl/N-ethyl adjacent to an activating group) is 1. The molecule has 0 aliphatic carbocycles. The maximum atomic E-state index is 15.8. The molecule has 1 aromatic heterocycles. The largest absolute Gasteiger partial charge is 0.393 e. The Bertz CT molecular complexity index is 1410. The quantitative estimate of drug-likeness (QED) is 0.423. The van der Waals surface area contributed by atoms with Crippen LogP contribution in [0.1, 0.15) is 37.8 Å². The van der Waals surface area contributed by atoms with E-state index in [1.807, 2.05) is 36.8 Å². The van der Waals surface area contributed by atoms with Crippen molar-refractivity contribution in [2.45, 2.75) is 51.6 Å². The number of nitrogens with one attached hydrogen (secondary N) is 2. The Morgan fingerprint density at radius 3 is 2.41 bits per heavy atom. The number of hydrogen-bond donors (Lipinski definition) is 3. The van der Waals surface area contributed by atoms with Crippen LogP contribution >= 0.6 is 0 Å². The number of piperazine rings is 1. The summed E-state index contributed by atoms with van der Waals surface area (Å²) in [5, 5.41) is 14.3. The van der Waals surface area contributed by atoms with Crippen LogP contribution in [0.4, 0.5) is 34.9 Å². The fraction of sp³-hybridized carbons (Fsp3) is 0.533. The maximum absolute atomic E-state index is 15.8. The fourth-order valence-electron chi connectivity index (χ4n) is 6.08. The molecule has 0 bridgehead atoms. The van der Waals surface area contributed by atoms with E-state index in [-0.39, 0.29) is 29.9 Å². The second kappa shape index (κ2) is 12.7. The molecule has 5 rings (SSSR count). The number of nitrogens with zero attached hydrogens (tertiary/aromatic N) is 5. The van der Waals surface area contributed by atoms with Crippen LogP contribution in [0.25, 0.3) is 5.57 Å². The molecule has 44 heavy (non-hydrogen) atoms. The molecule has 2 saturated heterocycles. The first-order valence-electron chi connectivity index (χ1n) is 14.7. The number of hydrogen-bond acceptors (Lipinski definition) is 8. The van der Waals surface area contributed by atoms with Crippen LogP contribution in [-0.4, -0.2) is 89.8 Å². The number of rotatable bonds is 6. The minimum absolute atomic E-state index is 0.105. The number of aliphatic hydroxyl groups excluding tert-OH is 1. The van der Waals surface area contributed by atoms with Crippen molar-refractivity contribution in [3.8, 4) is 0 Å². The number of aromatic nitrogens is 2. The van der Waals surface area contributed by atoms with Crippen molar-refractivity contribution in [2.24, 2.45) is 11.8 Å². The lowest BCUT2D eigenvalue weighted by Gasteiger charge is -2.44. The van der Waals surface area contributed by atoms with E-state index in [0.29, 0.717) is 55.4 Å². The first-order valence-corrected chi connectivity index (χ1v) is 14.7. The SMILES string of the molecule is C[C@@H]1CN(c2cc(F)c(C3=CCN(c4ncc(CO)cn4)CC3)cc2NC(=O)C2CNC(=O)CC2C(F)(F)F)C[C@H](C)N1C. The normalized spacial score (nSPS) is 25.0. The average molecular weight is 620 g/mol. The van der Waals surface area contributed by atoms with E-state index < -0.39 is 48.6 Å². The lowest BCUT2D eigenvalue weighted by molar-refractivity contribution is -0.197. The Kier molecular flexibility index (Phi) is 9.12. The lowest BCUT2D eigenvalue weighted by Crippen LogP contribution is -2.55. The Labute approximate surface area is 253 Å². The molecule has 238 valence electrons. The smallest absolute Gasteiger partial charge is 0.392 e. The predicted molar refractivity (Wildman–Crippen MR) is 157 cm³/mol. The average Bonchev–Trinajstić information content (AvgIpc) is 3.00. The van der Waals surface area contributed by atoms with E-state index in [4.69, 9.17) is 0 Å². The number of amides is 2. The van der Waals surface area contributed by atoms with E-state index in [1.165, 1.54) is 24.5 Å². The first kappa shape index (κ1) is 31.6. The monoisotopic (exact) mass is 619 g/mol. The van der Waals surface area contributed by atoms with Gasteiger partial charge in [0.15, 0.2) is 0 Å². The molecule has 14 heteroatoms. The third-order valence-corrected chi connectivity index (χ3v) is 8.92. The third kappa shape index (κ3) is 6.65. The summed E-state index contributed by atoms with van der Waals surface area (Å²) in [4.78, 5) is 39.8. The number of piperidine rings is 1. The van der Waals surface area contributed by atoms with Gasteiger partial charge in [-0.15, -0.1) is 0 Å². The molecule has 3 aliphatic rings.